The van der Waals surface area contributed by atoms with Gasteiger partial charge in [0, 0.05) is 17.5 Å². The van der Waals surface area contributed by atoms with Crippen LogP contribution in [-0.4, -0.2) is 28.9 Å². The number of nitrogens with one attached hydrogen (secondary N) is 5. The van der Waals surface area contributed by atoms with Crippen LogP contribution in [0.2, 0.25) is 0 Å². The molecule has 23 heavy (non-hydrogen) atoms. The number of H-pyrrole nitrogens is 1. The summed E-state index contributed by atoms with van der Waals surface area (Å²) in [5.74, 6) is -0.353. The summed E-state index contributed by atoms with van der Waals surface area (Å²) in [5.41, 5.74) is 2.41. The van der Waals surface area contributed by atoms with Crippen molar-refractivity contribution < 1.29 is 9.90 Å². The zero-order chi connectivity index (χ0) is 16.0. The highest BCUT2D eigenvalue weighted by Crippen LogP contribution is 2.26. The predicted molar refractivity (Wildman–Crippen MR) is 86.9 cm³/mol. The number of rotatable bonds is 3. The third-order valence-corrected chi connectivity index (χ3v) is 4.58. The second-order valence-electron chi connectivity index (χ2n) is 5.16. The Hall–Kier alpha value is -2.78. The van der Waals surface area contributed by atoms with E-state index in [0.717, 1.165) is 27.2 Å². The van der Waals surface area contributed by atoms with Gasteiger partial charge in [0.1, 0.15) is 12.0 Å². The van der Waals surface area contributed by atoms with E-state index < -0.39 is 5.97 Å². The highest BCUT2D eigenvalue weighted by Gasteiger charge is 2.32. The lowest BCUT2D eigenvalue weighted by molar-refractivity contribution is -0.132. The van der Waals surface area contributed by atoms with Crippen molar-refractivity contribution in [1.29, 1.82) is 0 Å². The summed E-state index contributed by atoms with van der Waals surface area (Å²) in [5, 5.41) is 21.8. The maximum Gasteiger partial charge on any atom is 0.337 e. The lowest BCUT2D eigenvalue weighted by Gasteiger charge is -2.27. The monoisotopic (exact) mass is 331 g/mol. The molecule has 2 aliphatic rings. The highest BCUT2D eigenvalue weighted by atomic mass is 32.1. The van der Waals surface area contributed by atoms with Gasteiger partial charge in [0.05, 0.1) is 22.5 Å². The highest BCUT2D eigenvalue weighted by molar-refractivity contribution is 7.16. The molecule has 0 aliphatic carbocycles. The molecular weight excluding hydrogens is 318 g/mol. The minimum Gasteiger partial charge on any atom is -0.478 e. The third-order valence-electron chi connectivity index (χ3n) is 3.73. The van der Waals surface area contributed by atoms with E-state index in [1.165, 1.54) is 6.20 Å². The summed E-state index contributed by atoms with van der Waals surface area (Å²) in [6, 6.07) is 5.51. The molecule has 0 spiro atoms. The molecule has 1 unspecified atom stereocenters. The molecule has 2 aliphatic heterocycles. The van der Waals surface area contributed by atoms with E-state index in [2.05, 4.69) is 26.3 Å². The van der Waals surface area contributed by atoms with E-state index in [1.54, 1.807) is 0 Å². The van der Waals surface area contributed by atoms with Gasteiger partial charge in [-0.15, -0.1) is 0 Å². The number of benzene rings is 1. The van der Waals surface area contributed by atoms with E-state index in [4.69, 9.17) is 0 Å². The Labute approximate surface area is 133 Å². The van der Waals surface area contributed by atoms with Gasteiger partial charge in [-0.2, -0.15) is 0 Å². The van der Waals surface area contributed by atoms with Crippen LogP contribution >= 0.6 is 11.3 Å². The molecule has 118 valence electrons. The van der Waals surface area contributed by atoms with E-state index >= 15 is 0 Å². The SMILES string of the molecule is O=C(O)C1=CNC2NCNC(Nc3ccc4[nH]c(=O)sc4c3)=C12. The Morgan fingerprint density at radius 3 is 3.09 bits per heavy atom. The molecule has 0 amide bonds. The smallest absolute Gasteiger partial charge is 0.337 e. The molecule has 0 fully saturated rings. The number of carbonyl (C=O) groups is 1. The molecule has 1 aromatic carbocycles. The maximum absolute atomic E-state index is 11.4. The number of aromatic nitrogens is 1. The number of hydrogen-bond donors (Lipinski definition) is 6. The first-order valence-corrected chi connectivity index (χ1v) is 7.75. The normalized spacial score (nSPS) is 19.8. The van der Waals surface area contributed by atoms with E-state index in [-0.39, 0.29) is 16.6 Å². The maximum atomic E-state index is 11.4. The van der Waals surface area contributed by atoms with Crippen molar-refractivity contribution in [3.8, 4) is 0 Å². The average molecular weight is 331 g/mol. The minimum atomic E-state index is -0.987. The summed E-state index contributed by atoms with van der Waals surface area (Å²) in [4.78, 5) is 25.4. The Kier molecular flexibility index (Phi) is 3.10. The zero-order valence-corrected chi connectivity index (χ0v) is 12.6. The lowest BCUT2D eigenvalue weighted by atomic mass is 10.1. The third kappa shape index (κ3) is 2.35. The fourth-order valence-electron chi connectivity index (χ4n) is 2.72. The van der Waals surface area contributed by atoms with Gasteiger partial charge in [0.2, 0.25) is 0 Å². The number of hydrogen-bond acceptors (Lipinski definition) is 7. The van der Waals surface area contributed by atoms with Crippen LogP contribution < -0.4 is 26.1 Å². The van der Waals surface area contributed by atoms with Crippen LogP contribution in [-0.2, 0) is 4.79 Å². The van der Waals surface area contributed by atoms with E-state index in [9.17, 15) is 14.7 Å². The molecule has 8 nitrogen and oxygen atoms in total. The molecule has 3 heterocycles. The number of carboxylic acids is 1. The van der Waals surface area contributed by atoms with Gasteiger partial charge in [-0.3, -0.25) is 10.1 Å². The van der Waals surface area contributed by atoms with Crippen molar-refractivity contribution in [2.24, 2.45) is 0 Å². The molecular formula is C14H13N5O3S. The fourth-order valence-corrected chi connectivity index (χ4v) is 3.49. The molecule has 2 aromatic rings. The van der Waals surface area contributed by atoms with Gasteiger partial charge >= 0.3 is 10.8 Å². The largest absolute Gasteiger partial charge is 0.478 e. The molecule has 0 radical (unpaired) electrons. The first-order chi connectivity index (χ1) is 11.1. The first kappa shape index (κ1) is 13.9. The standard InChI is InChI=1S/C14H13N5O3S/c20-13(21)7-4-15-11-10(7)12(17-5-16-11)18-6-1-2-8-9(3-6)23-14(22)19-8/h1-4,11,15-18H,5H2,(H,19,22)(H,20,21). The summed E-state index contributed by atoms with van der Waals surface area (Å²) in [6.45, 7) is 0.504. The van der Waals surface area contributed by atoms with Crippen molar-refractivity contribution in [3.05, 3.63) is 51.0 Å². The second-order valence-corrected chi connectivity index (χ2v) is 6.17. The van der Waals surface area contributed by atoms with Crippen LogP contribution in [0.3, 0.4) is 0 Å². The van der Waals surface area contributed by atoms with Crippen molar-refractivity contribution in [1.82, 2.24) is 20.9 Å². The number of carboxylic acid groups (broad SMARTS) is 1. The van der Waals surface area contributed by atoms with Crippen LogP contribution in [0.4, 0.5) is 5.69 Å². The van der Waals surface area contributed by atoms with Gasteiger partial charge in [-0.1, -0.05) is 11.3 Å². The van der Waals surface area contributed by atoms with Crippen LogP contribution in [0.25, 0.3) is 10.2 Å². The average Bonchev–Trinajstić information content (AvgIpc) is 3.09. The van der Waals surface area contributed by atoms with Crippen molar-refractivity contribution in [3.63, 3.8) is 0 Å². The predicted octanol–water partition coefficient (Wildman–Crippen LogP) is 0.261. The van der Waals surface area contributed by atoms with Crippen LogP contribution in [0.15, 0.2) is 46.2 Å². The van der Waals surface area contributed by atoms with Gasteiger partial charge in [0.15, 0.2) is 0 Å². The summed E-state index contributed by atoms with van der Waals surface area (Å²) < 4.78 is 0.842. The molecule has 0 saturated heterocycles. The molecule has 9 heteroatoms. The fraction of sp³-hybridized carbons (Fsp3) is 0.143. The van der Waals surface area contributed by atoms with Crippen molar-refractivity contribution in [2.75, 3.05) is 12.0 Å². The summed E-state index contributed by atoms with van der Waals surface area (Å²) in [7, 11) is 0. The molecule has 1 aromatic heterocycles. The quantitative estimate of drug-likeness (QED) is 0.477. The number of aromatic amines is 1. The summed E-state index contributed by atoms with van der Waals surface area (Å²) in [6.07, 6.45) is 1.25. The van der Waals surface area contributed by atoms with Gasteiger partial charge in [0.25, 0.3) is 0 Å². The minimum absolute atomic E-state index is 0.102. The topological polar surface area (TPSA) is 118 Å². The summed E-state index contributed by atoms with van der Waals surface area (Å²) >= 11 is 1.14. The molecule has 0 saturated carbocycles. The Balaban J connectivity index is 1.72. The second kappa shape index (κ2) is 5.14. The number of anilines is 1. The van der Waals surface area contributed by atoms with Crippen LogP contribution in [0.5, 0.6) is 0 Å². The van der Waals surface area contributed by atoms with Gasteiger partial charge in [-0.05, 0) is 18.2 Å². The number of aliphatic carboxylic acids is 1. The Morgan fingerprint density at radius 2 is 2.26 bits per heavy atom. The van der Waals surface area contributed by atoms with Gasteiger partial charge in [-0.25, -0.2) is 4.79 Å². The Bertz CT molecular complexity index is 926. The van der Waals surface area contributed by atoms with Crippen LogP contribution in [0, 0.1) is 0 Å². The molecule has 6 N–H and O–H groups in total. The van der Waals surface area contributed by atoms with Crippen molar-refractivity contribution in [2.45, 2.75) is 6.17 Å². The number of fused-ring (bicyclic) bond motifs is 2. The number of thiazole rings is 1. The van der Waals surface area contributed by atoms with Crippen LogP contribution in [0.1, 0.15) is 0 Å². The molecule has 1 atom stereocenters. The lowest BCUT2D eigenvalue weighted by Crippen LogP contribution is -2.49. The van der Waals surface area contributed by atoms with Gasteiger partial charge < -0.3 is 26.0 Å². The Morgan fingerprint density at radius 1 is 1.39 bits per heavy atom. The molecule has 0 bridgehead atoms. The van der Waals surface area contributed by atoms with E-state index in [1.807, 2.05) is 18.2 Å². The zero-order valence-electron chi connectivity index (χ0n) is 11.8. The van der Waals surface area contributed by atoms with E-state index in [0.29, 0.717) is 18.1 Å². The first-order valence-electron chi connectivity index (χ1n) is 6.93. The molecule has 4 rings (SSSR count). The van der Waals surface area contributed by atoms with Crippen molar-refractivity contribution >= 4 is 33.2 Å².